The Morgan fingerprint density at radius 2 is 1.14 bits per heavy atom. The molecular weight excluding hydrogens is 464 g/mol. The van der Waals surface area contributed by atoms with Gasteiger partial charge in [-0.15, -0.1) is 11.3 Å². The Morgan fingerprint density at radius 3 is 1.97 bits per heavy atom. The van der Waals surface area contributed by atoms with Crippen molar-refractivity contribution >= 4 is 53.1 Å². The van der Waals surface area contributed by atoms with Gasteiger partial charge in [0.25, 0.3) is 0 Å². The molecule has 1 aliphatic carbocycles. The highest BCUT2D eigenvalue weighted by Crippen LogP contribution is 2.48. The van der Waals surface area contributed by atoms with Gasteiger partial charge in [0.2, 0.25) is 0 Å². The highest BCUT2D eigenvalue weighted by atomic mass is 32.1. The molecule has 0 nitrogen and oxygen atoms in total. The van der Waals surface area contributed by atoms with Crippen molar-refractivity contribution in [1.82, 2.24) is 0 Å². The molecular formula is C36H26S. The summed E-state index contributed by atoms with van der Waals surface area (Å²) >= 11 is 1.94. The summed E-state index contributed by atoms with van der Waals surface area (Å²) in [5.41, 5.74) is 8.79. The minimum absolute atomic E-state index is 1.15. The Hall–Kier alpha value is -3.94. The van der Waals surface area contributed by atoms with Crippen LogP contribution in [0.2, 0.25) is 0 Å². The zero-order valence-electron chi connectivity index (χ0n) is 20.6. The quantitative estimate of drug-likeness (QED) is 0.226. The van der Waals surface area contributed by atoms with Gasteiger partial charge in [0.1, 0.15) is 0 Å². The van der Waals surface area contributed by atoms with E-state index in [-0.39, 0.29) is 0 Å². The van der Waals surface area contributed by atoms with E-state index in [4.69, 9.17) is 0 Å². The maximum absolute atomic E-state index is 2.40. The highest BCUT2D eigenvalue weighted by Gasteiger charge is 2.24. The first-order valence-corrected chi connectivity index (χ1v) is 14.1. The molecule has 0 saturated carbocycles. The fourth-order valence-corrected chi connectivity index (χ4v) is 7.85. The van der Waals surface area contributed by atoms with Gasteiger partial charge in [-0.1, -0.05) is 97.1 Å². The van der Waals surface area contributed by atoms with Crippen LogP contribution in [0.3, 0.4) is 0 Å². The molecule has 0 amide bonds. The largest absolute Gasteiger partial charge is 0.135 e. The lowest BCUT2D eigenvalue weighted by Gasteiger charge is -2.26. The zero-order valence-corrected chi connectivity index (χ0v) is 21.4. The second-order valence-corrected chi connectivity index (χ2v) is 11.4. The summed E-state index contributed by atoms with van der Waals surface area (Å²) in [5.74, 6) is 0. The van der Waals surface area contributed by atoms with Crippen molar-refractivity contribution in [3.8, 4) is 22.3 Å². The van der Waals surface area contributed by atoms with Gasteiger partial charge in [0, 0.05) is 25.7 Å². The maximum Gasteiger partial charge on any atom is 0.0434 e. The molecule has 0 saturated heterocycles. The Labute approximate surface area is 220 Å². The lowest BCUT2D eigenvalue weighted by molar-refractivity contribution is 0.689. The normalized spacial score (nSPS) is 13.5. The second kappa shape index (κ2) is 8.30. The molecule has 1 aliphatic rings. The molecule has 0 N–H and O–H groups in total. The van der Waals surface area contributed by atoms with E-state index in [1.54, 1.807) is 11.1 Å². The van der Waals surface area contributed by atoms with Gasteiger partial charge in [0.05, 0.1) is 0 Å². The average Bonchev–Trinajstić information content (AvgIpc) is 3.35. The molecule has 176 valence electrons. The maximum atomic E-state index is 2.40. The fourth-order valence-electron chi connectivity index (χ4n) is 6.63. The smallest absolute Gasteiger partial charge is 0.0434 e. The monoisotopic (exact) mass is 490 g/mol. The zero-order chi connectivity index (χ0) is 24.3. The predicted molar refractivity (Wildman–Crippen MR) is 162 cm³/mol. The molecule has 8 rings (SSSR count). The van der Waals surface area contributed by atoms with Gasteiger partial charge in [-0.05, 0) is 87.2 Å². The van der Waals surface area contributed by atoms with E-state index in [1.807, 2.05) is 11.3 Å². The van der Waals surface area contributed by atoms with E-state index in [1.165, 1.54) is 76.8 Å². The minimum atomic E-state index is 1.15. The Balaban J connectivity index is 1.49. The molecule has 1 aromatic heterocycles. The van der Waals surface area contributed by atoms with Gasteiger partial charge < -0.3 is 0 Å². The first-order valence-electron chi connectivity index (χ1n) is 13.3. The van der Waals surface area contributed by atoms with E-state index in [0.29, 0.717) is 0 Å². The van der Waals surface area contributed by atoms with E-state index in [2.05, 4.69) is 109 Å². The van der Waals surface area contributed by atoms with Crippen LogP contribution in [0.1, 0.15) is 24.0 Å². The third-order valence-electron chi connectivity index (χ3n) is 8.25. The van der Waals surface area contributed by atoms with Crippen LogP contribution in [-0.4, -0.2) is 0 Å². The van der Waals surface area contributed by atoms with E-state index >= 15 is 0 Å². The van der Waals surface area contributed by atoms with Crippen molar-refractivity contribution in [3.05, 3.63) is 120 Å². The Kier molecular flexibility index (Phi) is 4.75. The molecule has 1 heteroatoms. The van der Waals surface area contributed by atoms with Crippen molar-refractivity contribution in [2.45, 2.75) is 25.7 Å². The van der Waals surface area contributed by atoms with Crippen LogP contribution < -0.4 is 0 Å². The van der Waals surface area contributed by atoms with Crippen molar-refractivity contribution in [3.63, 3.8) is 0 Å². The van der Waals surface area contributed by atoms with Crippen LogP contribution in [0.5, 0.6) is 0 Å². The van der Waals surface area contributed by atoms with Gasteiger partial charge in [-0.25, -0.2) is 0 Å². The molecule has 0 fully saturated rings. The van der Waals surface area contributed by atoms with E-state index in [9.17, 15) is 0 Å². The summed E-state index contributed by atoms with van der Waals surface area (Å²) < 4.78 is 2.79. The lowest BCUT2D eigenvalue weighted by atomic mass is 9.77. The molecule has 0 bridgehead atoms. The molecule has 0 unspecified atom stereocenters. The molecule has 0 atom stereocenters. The van der Waals surface area contributed by atoms with Crippen LogP contribution in [0.15, 0.2) is 109 Å². The third kappa shape index (κ3) is 3.21. The third-order valence-corrected chi connectivity index (χ3v) is 9.47. The standard InChI is InChI=1S/C36H26S/c1-2-11-24-22-25(21-20-23(24)10-1)34-27-13-3-5-15-29(27)35(30-16-6-4-14-28(30)34)32-18-9-17-31-26-12-7-8-19-33(26)37-36(31)32/h1-3,5,7-13,15,17-22H,4,6,14,16H2. The molecule has 0 radical (unpaired) electrons. The molecule has 0 aliphatic heterocycles. The molecule has 1 heterocycles. The van der Waals surface area contributed by atoms with Crippen molar-refractivity contribution in [2.75, 3.05) is 0 Å². The van der Waals surface area contributed by atoms with E-state index < -0.39 is 0 Å². The van der Waals surface area contributed by atoms with Crippen molar-refractivity contribution in [1.29, 1.82) is 0 Å². The summed E-state index contributed by atoms with van der Waals surface area (Å²) in [6.45, 7) is 0. The number of hydrogen-bond donors (Lipinski definition) is 0. The van der Waals surface area contributed by atoms with Gasteiger partial charge in [-0.3, -0.25) is 0 Å². The number of hydrogen-bond acceptors (Lipinski definition) is 1. The summed E-state index contributed by atoms with van der Waals surface area (Å²) in [6, 6.07) is 40.7. The van der Waals surface area contributed by atoms with Gasteiger partial charge in [-0.2, -0.15) is 0 Å². The summed E-state index contributed by atoms with van der Waals surface area (Å²) in [4.78, 5) is 0. The molecule has 0 spiro atoms. The molecule has 6 aromatic carbocycles. The number of rotatable bonds is 2. The topological polar surface area (TPSA) is 0 Å². The Morgan fingerprint density at radius 1 is 0.486 bits per heavy atom. The highest BCUT2D eigenvalue weighted by molar-refractivity contribution is 7.26. The SMILES string of the molecule is c1ccc2cc(-c3c4c(c(-c5cccc6c5sc5ccccc56)c5ccccc35)CCCC4)ccc2c1. The van der Waals surface area contributed by atoms with E-state index in [0.717, 1.165) is 12.8 Å². The van der Waals surface area contributed by atoms with Crippen molar-refractivity contribution in [2.24, 2.45) is 0 Å². The predicted octanol–water partition coefficient (Wildman–Crippen LogP) is 10.6. The minimum Gasteiger partial charge on any atom is -0.135 e. The summed E-state index contributed by atoms with van der Waals surface area (Å²) in [6.07, 6.45) is 4.82. The number of fused-ring (bicyclic) bond motifs is 6. The van der Waals surface area contributed by atoms with Crippen LogP contribution in [0, 0.1) is 0 Å². The van der Waals surface area contributed by atoms with Gasteiger partial charge in [0.15, 0.2) is 0 Å². The molecule has 37 heavy (non-hydrogen) atoms. The Bertz CT molecular complexity index is 1990. The van der Waals surface area contributed by atoms with Crippen LogP contribution >= 0.6 is 11.3 Å². The fraction of sp³-hybridized carbons (Fsp3) is 0.111. The number of thiophene rings is 1. The second-order valence-electron chi connectivity index (χ2n) is 10.3. The number of benzene rings is 6. The average molecular weight is 491 g/mol. The van der Waals surface area contributed by atoms with Crippen LogP contribution in [-0.2, 0) is 12.8 Å². The first kappa shape index (κ1) is 21.2. The lowest BCUT2D eigenvalue weighted by Crippen LogP contribution is -2.08. The summed E-state index contributed by atoms with van der Waals surface area (Å²) in [7, 11) is 0. The van der Waals surface area contributed by atoms with Crippen molar-refractivity contribution < 1.29 is 0 Å². The summed E-state index contributed by atoms with van der Waals surface area (Å²) in [5, 5.41) is 8.13. The first-order chi connectivity index (χ1) is 18.4. The van der Waals surface area contributed by atoms with Crippen LogP contribution in [0.25, 0.3) is 64.0 Å². The van der Waals surface area contributed by atoms with Crippen LogP contribution in [0.4, 0.5) is 0 Å². The molecule has 7 aromatic rings. The van der Waals surface area contributed by atoms with Gasteiger partial charge >= 0.3 is 0 Å².